The summed E-state index contributed by atoms with van der Waals surface area (Å²) in [7, 11) is 0. The van der Waals surface area contributed by atoms with E-state index < -0.39 is 23.7 Å². The average Bonchev–Trinajstić information content (AvgIpc) is 3.47. The summed E-state index contributed by atoms with van der Waals surface area (Å²) in [6, 6.07) is 9.18. The lowest BCUT2D eigenvalue weighted by atomic mass is 9.99. The molecule has 4 aromatic heterocycles. The molecule has 0 fully saturated rings. The molecule has 0 radical (unpaired) electrons. The standard InChI is InChI=1S/C21H11F5N6O2/c22-20(23,21(24,25)26)15-7-13(10-1-3-11(4-2-10)17(27)33)12-5-6-16-29-14(19-31-28-9-34-19)8-32(16)18(12)30-15/h1-9H,(H2,27,33). The molecule has 2 N–H and O–H groups in total. The molecule has 1 aromatic carbocycles. The van der Waals surface area contributed by atoms with Crippen LogP contribution in [0.1, 0.15) is 16.1 Å². The zero-order valence-corrected chi connectivity index (χ0v) is 16.7. The number of hydrogen-bond donors (Lipinski definition) is 1. The normalized spacial score (nSPS) is 12.5. The molecule has 13 heteroatoms. The minimum atomic E-state index is -5.88. The molecule has 0 aliphatic carbocycles. The quantitative estimate of drug-likeness (QED) is 0.388. The first-order valence-corrected chi connectivity index (χ1v) is 9.51. The molecule has 0 saturated heterocycles. The maximum atomic E-state index is 14.4. The SMILES string of the molecule is NC(=O)c1ccc(-c2cc(C(F)(F)C(F)(F)F)nc3c2ccc2nc(-c4nnco4)cn23)cc1. The van der Waals surface area contributed by atoms with Crippen LogP contribution in [0, 0.1) is 0 Å². The molecule has 0 atom stereocenters. The van der Waals surface area contributed by atoms with E-state index in [1.165, 1.54) is 47.0 Å². The molecule has 0 unspecified atom stereocenters. The van der Waals surface area contributed by atoms with Gasteiger partial charge in [-0.15, -0.1) is 10.2 Å². The monoisotopic (exact) mass is 474 g/mol. The average molecular weight is 474 g/mol. The Balaban J connectivity index is 1.82. The Hall–Kier alpha value is -4.42. The van der Waals surface area contributed by atoms with E-state index in [4.69, 9.17) is 10.2 Å². The van der Waals surface area contributed by atoms with Gasteiger partial charge in [-0.25, -0.2) is 9.97 Å². The number of aromatic nitrogens is 5. The van der Waals surface area contributed by atoms with Gasteiger partial charge in [0.25, 0.3) is 5.89 Å². The van der Waals surface area contributed by atoms with Gasteiger partial charge < -0.3 is 10.2 Å². The molecule has 1 amide bonds. The molecule has 4 heterocycles. The maximum absolute atomic E-state index is 14.4. The van der Waals surface area contributed by atoms with Gasteiger partial charge in [0.15, 0.2) is 0 Å². The zero-order chi connectivity index (χ0) is 24.3. The Kier molecular flexibility index (Phi) is 4.60. The van der Waals surface area contributed by atoms with Gasteiger partial charge in [-0.1, -0.05) is 12.1 Å². The molecule has 5 aromatic rings. The maximum Gasteiger partial charge on any atom is 0.459 e. The third-order valence-electron chi connectivity index (χ3n) is 5.14. The molecular formula is C21H11F5N6O2. The third kappa shape index (κ3) is 3.32. The molecule has 0 aliphatic heterocycles. The summed E-state index contributed by atoms with van der Waals surface area (Å²) < 4.78 is 74.7. The van der Waals surface area contributed by atoms with Gasteiger partial charge in [0.2, 0.25) is 12.3 Å². The van der Waals surface area contributed by atoms with Gasteiger partial charge in [-0.2, -0.15) is 22.0 Å². The summed E-state index contributed by atoms with van der Waals surface area (Å²) in [6.07, 6.45) is -3.47. The molecule has 34 heavy (non-hydrogen) atoms. The number of imidazole rings is 1. The summed E-state index contributed by atoms with van der Waals surface area (Å²) in [5.74, 6) is -5.93. The fourth-order valence-electron chi connectivity index (χ4n) is 3.48. The Labute approximate surface area is 185 Å². The number of fused-ring (bicyclic) bond motifs is 3. The molecule has 0 spiro atoms. The van der Waals surface area contributed by atoms with Crippen LogP contribution in [0.25, 0.3) is 39.4 Å². The van der Waals surface area contributed by atoms with Crippen molar-refractivity contribution in [3.8, 4) is 22.7 Å². The number of nitrogens with zero attached hydrogens (tertiary/aromatic N) is 5. The van der Waals surface area contributed by atoms with Crippen LogP contribution in [-0.2, 0) is 5.92 Å². The lowest BCUT2D eigenvalue weighted by Crippen LogP contribution is -2.34. The van der Waals surface area contributed by atoms with Gasteiger partial charge in [-0.05, 0) is 41.5 Å². The molecule has 0 aliphatic rings. The second-order valence-electron chi connectivity index (χ2n) is 7.24. The zero-order valence-electron chi connectivity index (χ0n) is 16.7. The molecule has 0 bridgehead atoms. The van der Waals surface area contributed by atoms with E-state index in [0.717, 1.165) is 6.39 Å². The van der Waals surface area contributed by atoms with Crippen molar-refractivity contribution < 1.29 is 31.2 Å². The Bertz CT molecular complexity index is 1540. The van der Waals surface area contributed by atoms with Crippen molar-refractivity contribution in [1.29, 1.82) is 0 Å². The summed E-state index contributed by atoms with van der Waals surface area (Å²) >= 11 is 0. The highest BCUT2D eigenvalue weighted by atomic mass is 19.4. The number of carbonyl (C=O) groups excluding carboxylic acids is 1. The molecular weight excluding hydrogens is 463 g/mol. The minimum Gasteiger partial charge on any atom is -0.422 e. The number of rotatable bonds is 4. The van der Waals surface area contributed by atoms with Crippen LogP contribution >= 0.6 is 0 Å². The second kappa shape index (κ2) is 7.30. The highest BCUT2D eigenvalue weighted by molar-refractivity contribution is 5.96. The van der Waals surface area contributed by atoms with Crippen LogP contribution < -0.4 is 5.73 Å². The largest absolute Gasteiger partial charge is 0.459 e. The summed E-state index contributed by atoms with van der Waals surface area (Å²) in [4.78, 5) is 19.3. The fraction of sp³-hybridized carbons (Fsp3) is 0.0952. The lowest BCUT2D eigenvalue weighted by Gasteiger charge is -2.20. The van der Waals surface area contributed by atoms with Crippen molar-refractivity contribution in [2.24, 2.45) is 5.73 Å². The number of carbonyl (C=O) groups is 1. The van der Waals surface area contributed by atoms with Crippen LogP contribution in [0.4, 0.5) is 22.0 Å². The highest BCUT2D eigenvalue weighted by Gasteiger charge is 2.60. The number of benzene rings is 1. The van der Waals surface area contributed by atoms with E-state index in [1.807, 2.05) is 0 Å². The molecule has 172 valence electrons. The van der Waals surface area contributed by atoms with Crippen molar-refractivity contribution in [1.82, 2.24) is 24.6 Å². The first-order chi connectivity index (χ1) is 16.1. The summed E-state index contributed by atoms with van der Waals surface area (Å²) in [5, 5.41) is 7.52. The van der Waals surface area contributed by atoms with E-state index in [0.29, 0.717) is 6.07 Å². The third-order valence-corrected chi connectivity index (χ3v) is 5.14. The predicted molar refractivity (Wildman–Crippen MR) is 108 cm³/mol. The van der Waals surface area contributed by atoms with E-state index in [-0.39, 0.29) is 45.0 Å². The molecule has 5 rings (SSSR count). The van der Waals surface area contributed by atoms with Crippen LogP contribution in [0.15, 0.2) is 59.5 Å². The number of amides is 1. The van der Waals surface area contributed by atoms with Gasteiger partial charge in [0.1, 0.15) is 22.7 Å². The van der Waals surface area contributed by atoms with Crippen molar-refractivity contribution in [2.75, 3.05) is 0 Å². The Morgan fingerprint density at radius 3 is 2.35 bits per heavy atom. The predicted octanol–water partition coefficient (Wildman–Crippen LogP) is 4.35. The number of hydrogen-bond acceptors (Lipinski definition) is 6. The van der Waals surface area contributed by atoms with Gasteiger partial charge in [0.05, 0.1) is 0 Å². The Morgan fingerprint density at radius 2 is 1.74 bits per heavy atom. The number of nitrogens with two attached hydrogens (primary N) is 1. The minimum absolute atomic E-state index is 0.0240. The van der Waals surface area contributed by atoms with Gasteiger partial charge >= 0.3 is 12.1 Å². The van der Waals surface area contributed by atoms with Crippen molar-refractivity contribution in [3.05, 3.63) is 66.3 Å². The fourth-order valence-corrected chi connectivity index (χ4v) is 3.48. The van der Waals surface area contributed by atoms with Gasteiger partial charge in [0, 0.05) is 17.1 Å². The number of halogens is 5. The smallest absolute Gasteiger partial charge is 0.422 e. The van der Waals surface area contributed by atoms with Crippen molar-refractivity contribution >= 4 is 22.6 Å². The van der Waals surface area contributed by atoms with Crippen molar-refractivity contribution in [2.45, 2.75) is 12.1 Å². The number of alkyl halides is 5. The highest BCUT2D eigenvalue weighted by Crippen LogP contribution is 2.45. The van der Waals surface area contributed by atoms with Gasteiger partial charge in [-0.3, -0.25) is 9.20 Å². The van der Waals surface area contributed by atoms with Crippen LogP contribution in [0.3, 0.4) is 0 Å². The first-order valence-electron chi connectivity index (χ1n) is 9.51. The van der Waals surface area contributed by atoms with E-state index in [2.05, 4.69) is 20.2 Å². The second-order valence-corrected chi connectivity index (χ2v) is 7.24. The van der Waals surface area contributed by atoms with Crippen molar-refractivity contribution in [3.63, 3.8) is 0 Å². The number of primary amides is 1. The summed E-state index contributed by atoms with van der Waals surface area (Å²) in [5.41, 5.74) is 4.35. The summed E-state index contributed by atoms with van der Waals surface area (Å²) in [6.45, 7) is 0. The Morgan fingerprint density at radius 1 is 1.00 bits per heavy atom. The lowest BCUT2D eigenvalue weighted by molar-refractivity contribution is -0.290. The van der Waals surface area contributed by atoms with E-state index >= 15 is 0 Å². The topological polar surface area (TPSA) is 112 Å². The van der Waals surface area contributed by atoms with Crippen LogP contribution in [0.2, 0.25) is 0 Å². The van der Waals surface area contributed by atoms with Crippen LogP contribution in [-0.4, -0.2) is 36.6 Å². The van der Waals surface area contributed by atoms with E-state index in [9.17, 15) is 26.7 Å². The van der Waals surface area contributed by atoms with E-state index in [1.54, 1.807) is 0 Å². The van der Waals surface area contributed by atoms with Crippen LogP contribution in [0.5, 0.6) is 0 Å². The number of pyridine rings is 2. The molecule has 8 nitrogen and oxygen atoms in total. The molecule has 0 saturated carbocycles. The first kappa shape index (κ1) is 21.4.